The number of methoxy groups -OCH3 is 1. The van der Waals surface area contributed by atoms with Gasteiger partial charge in [-0.1, -0.05) is 23.7 Å². The van der Waals surface area contributed by atoms with E-state index in [1.165, 1.54) is 25.3 Å². The molecule has 0 radical (unpaired) electrons. The third-order valence-corrected chi connectivity index (χ3v) is 5.93. The Morgan fingerprint density at radius 2 is 1.88 bits per heavy atom. The van der Waals surface area contributed by atoms with E-state index in [0.717, 1.165) is 16.3 Å². The van der Waals surface area contributed by atoms with Gasteiger partial charge in [-0.15, -0.1) is 11.3 Å². The van der Waals surface area contributed by atoms with Gasteiger partial charge in [0.2, 0.25) is 0 Å². The van der Waals surface area contributed by atoms with Crippen LogP contribution in [0.15, 0.2) is 52.7 Å². The molecule has 8 heteroatoms. The summed E-state index contributed by atoms with van der Waals surface area (Å²) in [5.74, 6) is 0.420. The maximum absolute atomic E-state index is 12.5. The first-order valence-corrected chi connectivity index (χ1v) is 10.0. The van der Waals surface area contributed by atoms with E-state index in [1.54, 1.807) is 23.5 Å². The SMILES string of the molecule is COc1ccc(S(=O)(=O)Nc2ccc(-c3csc(C)n3)cc2)cc1Cl. The topological polar surface area (TPSA) is 68.3 Å². The summed E-state index contributed by atoms with van der Waals surface area (Å²) in [4.78, 5) is 4.48. The van der Waals surface area contributed by atoms with Crippen molar-refractivity contribution in [2.24, 2.45) is 0 Å². The van der Waals surface area contributed by atoms with Gasteiger partial charge in [0.1, 0.15) is 5.75 Å². The van der Waals surface area contributed by atoms with Crippen molar-refractivity contribution in [2.45, 2.75) is 11.8 Å². The van der Waals surface area contributed by atoms with Crippen LogP contribution in [0, 0.1) is 6.92 Å². The molecule has 0 aliphatic rings. The van der Waals surface area contributed by atoms with E-state index in [1.807, 2.05) is 24.4 Å². The van der Waals surface area contributed by atoms with Gasteiger partial charge >= 0.3 is 0 Å². The Bertz CT molecular complexity index is 999. The molecule has 0 amide bonds. The van der Waals surface area contributed by atoms with Gasteiger partial charge in [-0.2, -0.15) is 0 Å². The molecule has 0 saturated carbocycles. The molecule has 1 N–H and O–H groups in total. The van der Waals surface area contributed by atoms with Crippen molar-refractivity contribution in [3.05, 3.63) is 57.9 Å². The van der Waals surface area contributed by atoms with Crippen LogP contribution in [0.25, 0.3) is 11.3 Å². The van der Waals surface area contributed by atoms with E-state index < -0.39 is 10.0 Å². The highest BCUT2D eigenvalue weighted by Gasteiger charge is 2.16. The van der Waals surface area contributed by atoms with Crippen LogP contribution in [0.4, 0.5) is 5.69 Å². The van der Waals surface area contributed by atoms with E-state index in [4.69, 9.17) is 16.3 Å². The Hall–Kier alpha value is -2.09. The number of thiazole rings is 1. The minimum Gasteiger partial charge on any atom is -0.495 e. The highest BCUT2D eigenvalue weighted by atomic mass is 35.5. The molecule has 1 heterocycles. The van der Waals surface area contributed by atoms with Gasteiger partial charge in [-0.05, 0) is 37.3 Å². The summed E-state index contributed by atoms with van der Waals surface area (Å²) in [5, 5.41) is 3.18. The Kier molecular flexibility index (Phi) is 4.99. The molecule has 2 aromatic carbocycles. The summed E-state index contributed by atoms with van der Waals surface area (Å²) in [5.41, 5.74) is 2.27. The van der Waals surface area contributed by atoms with Crippen LogP contribution in [0.5, 0.6) is 5.75 Å². The summed E-state index contributed by atoms with van der Waals surface area (Å²) in [6.45, 7) is 1.94. The number of ether oxygens (including phenoxy) is 1. The molecule has 3 rings (SSSR count). The number of aromatic nitrogens is 1. The molecular formula is C17H15ClN2O3S2. The first kappa shape index (κ1) is 17.7. The Labute approximate surface area is 155 Å². The van der Waals surface area contributed by atoms with Crippen LogP contribution in [-0.2, 0) is 10.0 Å². The predicted octanol–water partition coefficient (Wildman–Crippen LogP) is 4.58. The monoisotopic (exact) mass is 394 g/mol. The molecule has 0 aliphatic heterocycles. The molecular weight excluding hydrogens is 380 g/mol. The molecule has 25 heavy (non-hydrogen) atoms. The lowest BCUT2D eigenvalue weighted by Crippen LogP contribution is -2.12. The number of hydrogen-bond donors (Lipinski definition) is 1. The second-order valence-corrected chi connectivity index (χ2v) is 8.38. The summed E-state index contributed by atoms with van der Waals surface area (Å²) < 4.78 is 32.6. The Balaban J connectivity index is 1.82. The van der Waals surface area contributed by atoms with Crippen LogP contribution in [-0.4, -0.2) is 20.5 Å². The van der Waals surface area contributed by atoms with E-state index in [9.17, 15) is 8.42 Å². The molecule has 0 aliphatic carbocycles. The average molecular weight is 395 g/mol. The molecule has 0 fully saturated rings. The molecule has 0 bridgehead atoms. The van der Waals surface area contributed by atoms with Gasteiger partial charge in [0.05, 0.1) is 27.7 Å². The molecule has 1 aromatic heterocycles. The molecule has 0 saturated heterocycles. The first-order chi connectivity index (χ1) is 11.9. The zero-order valence-corrected chi connectivity index (χ0v) is 15.9. The van der Waals surface area contributed by atoms with Gasteiger partial charge < -0.3 is 4.74 Å². The number of sulfonamides is 1. The lowest BCUT2D eigenvalue weighted by molar-refractivity contribution is 0.414. The number of anilines is 1. The van der Waals surface area contributed by atoms with Gasteiger partial charge in [0.15, 0.2) is 0 Å². The maximum Gasteiger partial charge on any atom is 0.261 e. The fourth-order valence-corrected chi connectivity index (χ4v) is 4.26. The Morgan fingerprint density at radius 1 is 1.16 bits per heavy atom. The molecule has 0 unspecified atom stereocenters. The fourth-order valence-electron chi connectivity index (χ4n) is 2.23. The van der Waals surface area contributed by atoms with Crippen molar-refractivity contribution >= 4 is 38.6 Å². The van der Waals surface area contributed by atoms with Gasteiger partial charge in [-0.25, -0.2) is 13.4 Å². The summed E-state index contributed by atoms with van der Waals surface area (Å²) >= 11 is 7.58. The minimum atomic E-state index is -3.74. The average Bonchev–Trinajstić information content (AvgIpc) is 3.01. The molecule has 3 aromatic rings. The highest BCUT2D eigenvalue weighted by Crippen LogP contribution is 2.28. The number of rotatable bonds is 5. The van der Waals surface area contributed by atoms with Crippen LogP contribution in [0.2, 0.25) is 5.02 Å². The van der Waals surface area contributed by atoms with Crippen molar-refractivity contribution in [3.63, 3.8) is 0 Å². The van der Waals surface area contributed by atoms with Crippen molar-refractivity contribution in [1.29, 1.82) is 0 Å². The summed E-state index contributed by atoms with van der Waals surface area (Å²) in [7, 11) is -2.27. The quantitative estimate of drug-likeness (QED) is 0.687. The zero-order chi connectivity index (χ0) is 18.0. The number of halogens is 1. The smallest absolute Gasteiger partial charge is 0.261 e. The number of nitrogens with one attached hydrogen (secondary N) is 1. The van der Waals surface area contributed by atoms with Crippen molar-refractivity contribution in [2.75, 3.05) is 11.8 Å². The number of nitrogens with zero attached hydrogens (tertiary/aromatic N) is 1. The van der Waals surface area contributed by atoms with Crippen LogP contribution >= 0.6 is 22.9 Å². The zero-order valence-electron chi connectivity index (χ0n) is 13.5. The second-order valence-electron chi connectivity index (χ2n) is 5.23. The van der Waals surface area contributed by atoms with Crippen molar-refractivity contribution in [3.8, 4) is 17.0 Å². The number of benzene rings is 2. The van der Waals surface area contributed by atoms with Crippen LogP contribution in [0.3, 0.4) is 0 Å². The molecule has 130 valence electrons. The standard InChI is InChI=1S/C17H15ClN2O3S2/c1-11-19-16(10-24-11)12-3-5-13(6-4-12)20-25(21,22)14-7-8-17(23-2)15(18)9-14/h3-10,20H,1-2H3. The van der Waals surface area contributed by atoms with E-state index in [-0.39, 0.29) is 9.92 Å². The maximum atomic E-state index is 12.5. The van der Waals surface area contributed by atoms with Crippen molar-refractivity contribution in [1.82, 2.24) is 4.98 Å². The highest BCUT2D eigenvalue weighted by molar-refractivity contribution is 7.92. The molecule has 5 nitrogen and oxygen atoms in total. The normalized spacial score (nSPS) is 11.3. The number of hydrogen-bond acceptors (Lipinski definition) is 5. The second kappa shape index (κ2) is 7.03. The first-order valence-electron chi connectivity index (χ1n) is 7.28. The lowest BCUT2D eigenvalue weighted by Gasteiger charge is -2.10. The van der Waals surface area contributed by atoms with Crippen molar-refractivity contribution < 1.29 is 13.2 Å². The summed E-state index contributed by atoms with van der Waals surface area (Å²) in [6.07, 6.45) is 0. The molecule has 0 atom stereocenters. The third kappa shape index (κ3) is 3.95. The fraction of sp³-hybridized carbons (Fsp3) is 0.118. The largest absolute Gasteiger partial charge is 0.495 e. The number of aryl methyl sites for hydroxylation is 1. The van der Waals surface area contributed by atoms with Gasteiger partial charge in [-0.3, -0.25) is 4.72 Å². The third-order valence-electron chi connectivity index (χ3n) is 3.49. The minimum absolute atomic E-state index is 0.0671. The van der Waals surface area contributed by atoms with Gasteiger partial charge in [0.25, 0.3) is 10.0 Å². The van der Waals surface area contributed by atoms with Crippen LogP contribution < -0.4 is 9.46 Å². The lowest BCUT2D eigenvalue weighted by atomic mass is 10.1. The predicted molar refractivity (Wildman–Crippen MR) is 101 cm³/mol. The van der Waals surface area contributed by atoms with E-state index in [0.29, 0.717) is 11.4 Å². The summed E-state index contributed by atoms with van der Waals surface area (Å²) in [6, 6.07) is 11.4. The van der Waals surface area contributed by atoms with E-state index >= 15 is 0 Å². The van der Waals surface area contributed by atoms with Crippen LogP contribution in [0.1, 0.15) is 5.01 Å². The van der Waals surface area contributed by atoms with E-state index in [2.05, 4.69) is 9.71 Å². The van der Waals surface area contributed by atoms with Gasteiger partial charge in [0, 0.05) is 16.6 Å². The molecule has 0 spiro atoms. The Morgan fingerprint density at radius 3 is 2.44 bits per heavy atom.